The molecule has 2 aliphatic rings. The van der Waals surface area contributed by atoms with Crippen molar-refractivity contribution in [2.45, 2.75) is 89.6 Å². The van der Waals surface area contributed by atoms with Crippen molar-refractivity contribution >= 4 is 17.8 Å². The molecular formula is C23H38N2O5. The van der Waals surface area contributed by atoms with Crippen molar-refractivity contribution in [1.29, 1.82) is 0 Å². The lowest BCUT2D eigenvalue weighted by Gasteiger charge is -2.29. The van der Waals surface area contributed by atoms with Gasteiger partial charge in [-0.2, -0.15) is 0 Å². The van der Waals surface area contributed by atoms with E-state index >= 15 is 0 Å². The molecule has 170 valence electrons. The van der Waals surface area contributed by atoms with Crippen LogP contribution in [0.15, 0.2) is 12.2 Å². The molecule has 0 aromatic rings. The molecule has 7 heteroatoms. The third-order valence-electron chi connectivity index (χ3n) is 6.22. The Morgan fingerprint density at radius 2 is 1.97 bits per heavy atom. The van der Waals surface area contributed by atoms with Crippen LogP contribution < -0.4 is 10.6 Å². The second kappa shape index (κ2) is 12.1. The quantitative estimate of drug-likeness (QED) is 0.467. The van der Waals surface area contributed by atoms with Crippen LogP contribution in [0.3, 0.4) is 0 Å². The van der Waals surface area contributed by atoms with Crippen molar-refractivity contribution in [2.75, 3.05) is 13.2 Å². The number of aliphatic hydroxyl groups excluding tert-OH is 1. The van der Waals surface area contributed by atoms with Gasteiger partial charge in [0, 0.05) is 12.8 Å². The summed E-state index contributed by atoms with van der Waals surface area (Å²) in [6, 6.07) is -0.294. The maximum atomic E-state index is 13.0. The second-order valence-electron chi connectivity index (χ2n) is 9.09. The Morgan fingerprint density at radius 3 is 2.63 bits per heavy atom. The summed E-state index contributed by atoms with van der Waals surface area (Å²) in [7, 11) is 0. The summed E-state index contributed by atoms with van der Waals surface area (Å²) in [4.78, 5) is 37.6. The van der Waals surface area contributed by atoms with Gasteiger partial charge in [-0.25, -0.2) is 0 Å². The van der Waals surface area contributed by atoms with E-state index in [-0.39, 0.29) is 49.4 Å². The number of ether oxygens (including phenoxy) is 1. The first-order chi connectivity index (χ1) is 14.3. The highest BCUT2D eigenvalue weighted by Gasteiger charge is 2.35. The molecule has 7 nitrogen and oxygen atoms in total. The van der Waals surface area contributed by atoms with Gasteiger partial charge in [0.2, 0.25) is 11.8 Å². The summed E-state index contributed by atoms with van der Waals surface area (Å²) in [6.07, 6.45) is 10.9. The van der Waals surface area contributed by atoms with E-state index in [0.29, 0.717) is 12.8 Å². The van der Waals surface area contributed by atoms with Crippen LogP contribution in [-0.4, -0.2) is 47.7 Å². The molecule has 0 unspecified atom stereocenters. The van der Waals surface area contributed by atoms with E-state index in [1.165, 1.54) is 0 Å². The normalized spacial score (nSPS) is 26.0. The van der Waals surface area contributed by atoms with Crippen LogP contribution in [0, 0.1) is 11.8 Å². The number of nitrogens with one attached hydrogen (secondary N) is 2. The fourth-order valence-corrected chi connectivity index (χ4v) is 4.09. The summed E-state index contributed by atoms with van der Waals surface area (Å²) in [5.41, 5.74) is -0.542. The van der Waals surface area contributed by atoms with Crippen LogP contribution in [0.4, 0.5) is 0 Å². The van der Waals surface area contributed by atoms with Crippen LogP contribution >= 0.6 is 0 Å². The van der Waals surface area contributed by atoms with E-state index in [4.69, 9.17) is 4.74 Å². The van der Waals surface area contributed by atoms with Gasteiger partial charge in [-0.3, -0.25) is 14.4 Å². The summed E-state index contributed by atoms with van der Waals surface area (Å²) < 4.78 is 5.36. The smallest absolute Gasteiger partial charge is 0.305 e. The SMILES string of the molecule is CC(C)[C@H]1COC(=O)CCCCC=CC[C@H](CC(=O)NC2(CO)CCCC2)C(=O)N1. The highest BCUT2D eigenvalue weighted by Crippen LogP contribution is 2.29. The van der Waals surface area contributed by atoms with E-state index in [9.17, 15) is 19.5 Å². The first kappa shape index (κ1) is 24.4. The van der Waals surface area contributed by atoms with Gasteiger partial charge >= 0.3 is 5.97 Å². The Kier molecular flexibility index (Phi) is 9.82. The Morgan fingerprint density at radius 1 is 1.23 bits per heavy atom. The number of allylic oxidation sites excluding steroid dienone is 2. The molecule has 1 fully saturated rings. The molecule has 0 bridgehead atoms. The number of carbonyl (C=O) groups excluding carboxylic acids is 3. The largest absolute Gasteiger partial charge is 0.463 e. The number of hydrogen-bond donors (Lipinski definition) is 3. The first-order valence-electron chi connectivity index (χ1n) is 11.4. The van der Waals surface area contributed by atoms with E-state index in [2.05, 4.69) is 10.6 Å². The summed E-state index contributed by atoms with van der Waals surface area (Å²) >= 11 is 0. The molecule has 0 spiro atoms. The second-order valence-corrected chi connectivity index (χ2v) is 9.09. The number of carbonyl (C=O) groups is 3. The zero-order valence-corrected chi connectivity index (χ0v) is 18.5. The van der Waals surface area contributed by atoms with E-state index in [1.54, 1.807) is 0 Å². The Hall–Kier alpha value is -1.89. The van der Waals surface area contributed by atoms with Crippen molar-refractivity contribution in [3.63, 3.8) is 0 Å². The molecule has 1 heterocycles. The molecule has 2 atom stereocenters. The summed E-state index contributed by atoms with van der Waals surface area (Å²) in [5, 5.41) is 15.7. The monoisotopic (exact) mass is 422 g/mol. The van der Waals surface area contributed by atoms with E-state index < -0.39 is 11.5 Å². The fraction of sp³-hybridized carbons (Fsp3) is 0.783. The Bertz CT molecular complexity index is 611. The molecule has 1 aliphatic heterocycles. The van der Waals surface area contributed by atoms with Crippen LogP contribution in [0.1, 0.15) is 78.1 Å². The molecule has 0 saturated heterocycles. The minimum absolute atomic E-state index is 0.0720. The van der Waals surface area contributed by atoms with Gasteiger partial charge in [0.25, 0.3) is 0 Å². The zero-order valence-electron chi connectivity index (χ0n) is 18.5. The molecule has 0 radical (unpaired) electrons. The number of esters is 1. The predicted octanol–water partition coefficient (Wildman–Crippen LogP) is 2.62. The van der Waals surface area contributed by atoms with Crippen LogP contribution in [-0.2, 0) is 19.1 Å². The molecule has 3 N–H and O–H groups in total. The third-order valence-corrected chi connectivity index (χ3v) is 6.22. The lowest BCUT2D eigenvalue weighted by atomic mass is 9.94. The molecule has 2 rings (SSSR count). The van der Waals surface area contributed by atoms with Crippen molar-refractivity contribution in [1.82, 2.24) is 10.6 Å². The molecule has 30 heavy (non-hydrogen) atoms. The van der Waals surface area contributed by atoms with Gasteiger partial charge in [0.05, 0.1) is 24.1 Å². The van der Waals surface area contributed by atoms with Crippen molar-refractivity contribution in [2.24, 2.45) is 11.8 Å². The van der Waals surface area contributed by atoms with Gasteiger partial charge in [-0.1, -0.05) is 38.8 Å². The Labute approximate surface area is 180 Å². The topological polar surface area (TPSA) is 105 Å². The number of amides is 2. The summed E-state index contributed by atoms with van der Waals surface area (Å²) in [5.74, 6) is -1.05. The van der Waals surface area contributed by atoms with E-state index in [1.807, 2.05) is 26.0 Å². The third kappa shape index (κ3) is 7.74. The molecular weight excluding hydrogens is 384 g/mol. The molecule has 1 aliphatic carbocycles. The number of hydrogen-bond acceptors (Lipinski definition) is 5. The maximum absolute atomic E-state index is 13.0. The van der Waals surface area contributed by atoms with Crippen LogP contribution in [0.5, 0.6) is 0 Å². The van der Waals surface area contributed by atoms with Crippen molar-refractivity contribution in [3.8, 4) is 0 Å². The number of aliphatic hydroxyl groups is 1. The molecule has 1 saturated carbocycles. The predicted molar refractivity (Wildman–Crippen MR) is 114 cm³/mol. The lowest BCUT2D eigenvalue weighted by Crippen LogP contribution is -2.51. The minimum atomic E-state index is -0.542. The molecule has 0 aromatic heterocycles. The average Bonchev–Trinajstić information content (AvgIpc) is 3.17. The first-order valence-corrected chi connectivity index (χ1v) is 11.4. The van der Waals surface area contributed by atoms with Gasteiger partial charge in [0.1, 0.15) is 6.61 Å². The van der Waals surface area contributed by atoms with Gasteiger partial charge in [-0.15, -0.1) is 0 Å². The Balaban J connectivity index is 2.06. The minimum Gasteiger partial charge on any atom is -0.463 e. The number of cyclic esters (lactones) is 1. The molecule has 2 amide bonds. The van der Waals surface area contributed by atoms with E-state index in [0.717, 1.165) is 44.9 Å². The van der Waals surface area contributed by atoms with Gasteiger partial charge in [0.15, 0.2) is 0 Å². The average molecular weight is 423 g/mol. The van der Waals surface area contributed by atoms with Crippen molar-refractivity contribution < 1.29 is 24.2 Å². The highest BCUT2D eigenvalue weighted by atomic mass is 16.5. The highest BCUT2D eigenvalue weighted by molar-refractivity contribution is 5.86. The van der Waals surface area contributed by atoms with Crippen molar-refractivity contribution in [3.05, 3.63) is 12.2 Å². The molecule has 0 aromatic carbocycles. The van der Waals surface area contributed by atoms with Gasteiger partial charge in [-0.05, 0) is 44.4 Å². The summed E-state index contributed by atoms with van der Waals surface area (Å²) in [6.45, 7) is 4.00. The standard InChI is InChI=1S/C23H38N2O5/c1-17(2)19-15-30-21(28)11-7-5-3-4-6-10-18(22(29)24-19)14-20(27)25-23(16-26)12-8-9-13-23/h4,6,17-19,26H,3,5,7-16H2,1-2H3,(H,24,29)(H,25,27)/t18-,19-/m1/s1. The van der Waals surface area contributed by atoms with Crippen LogP contribution in [0.25, 0.3) is 0 Å². The zero-order chi connectivity index (χ0) is 22.0. The maximum Gasteiger partial charge on any atom is 0.305 e. The lowest BCUT2D eigenvalue weighted by molar-refractivity contribution is -0.145. The number of rotatable bonds is 5. The fourth-order valence-electron chi connectivity index (χ4n) is 4.09. The van der Waals surface area contributed by atoms with Crippen LogP contribution in [0.2, 0.25) is 0 Å². The van der Waals surface area contributed by atoms with Gasteiger partial charge < -0.3 is 20.5 Å².